The number of rotatable bonds is 1. The number of aliphatic hydroxyl groups is 2. The normalized spacial score (nSPS) is 10.4. The lowest BCUT2D eigenvalue weighted by molar-refractivity contribution is 0.186. The predicted molar refractivity (Wildman–Crippen MR) is 48.8 cm³/mol. The van der Waals surface area contributed by atoms with E-state index in [1.807, 2.05) is 0 Å². The molecule has 0 aliphatic carbocycles. The van der Waals surface area contributed by atoms with Crippen LogP contribution in [0.1, 0.15) is 0 Å². The first-order chi connectivity index (χ1) is 5.91. The topological polar surface area (TPSA) is 213 Å². The molecule has 0 saturated heterocycles. The lowest BCUT2D eigenvalue weighted by Crippen LogP contribution is -2.21. The summed E-state index contributed by atoms with van der Waals surface area (Å²) >= 11 is 0. The summed E-state index contributed by atoms with van der Waals surface area (Å²) in [5.74, 6) is 0. The van der Waals surface area contributed by atoms with Gasteiger partial charge in [-0.3, -0.25) is 0 Å². The summed E-state index contributed by atoms with van der Waals surface area (Å²) in [5.41, 5.74) is 0. The van der Waals surface area contributed by atoms with Crippen LogP contribution in [0.15, 0.2) is 0 Å². The van der Waals surface area contributed by atoms with Gasteiger partial charge in [0.1, 0.15) is 0 Å². The van der Waals surface area contributed by atoms with Crippen molar-refractivity contribution in [3.63, 3.8) is 0 Å². The molecular weight excluding hydrogens is 240 g/mol. The van der Waals surface area contributed by atoms with Crippen molar-refractivity contribution in [2.75, 3.05) is 13.2 Å². The van der Waals surface area contributed by atoms with E-state index in [-0.39, 0.29) is 13.2 Å². The van der Waals surface area contributed by atoms with E-state index in [0.717, 1.165) is 0 Å². The molecule has 12 heteroatoms. The van der Waals surface area contributed by atoms with E-state index in [2.05, 4.69) is 20.6 Å². The third kappa shape index (κ3) is 3040. The molecule has 0 aromatic heterocycles. The minimum atomic E-state index is -3.67. The molecule has 0 aromatic rings. The molecule has 10 nitrogen and oxygen atoms in total. The molecule has 0 rings (SSSR count). The molecule has 0 spiro atoms. The Bertz CT molecular complexity index is 246. The van der Waals surface area contributed by atoms with E-state index >= 15 is 0 Å². The van der Waals surface area contributed by atoms with E-state index in [0.29, 0.717) is 0 Å². The highest BCUT2D eigenvalue weighted by molar-refractivity contribution is 7.87. The summed E-state index contributed by atoms with van der Waals surface area (Å²) in [7, 11) is -7.33. The van der Waals surface area contributed by atoms with E-state index < -0.39 is 20.4 Å². The van der Waals surface area contributed by atoms with Crippen LogP contribution in [0.25, 0.3) is 0 Å². The zero-order valence-corrected chi connectivity index (χ0v) is 8.70. The Morgan fingerprint density at radius 1 is 0.714 bits per heavy atom. The van der Waals surface area contributed by atoms with Crippen LogP contribution in [0.2, 0.25) is 0 Å². The first kappa shape index (κ1) is 19.3. The van der Waals surface area contributed by atoms with E-state index in [4.69, 9.17) is 10.2 Å². The van der Waals surface area contributed by atoms with Crippen LogP contribution >= 0.6 is 0 Å². The summed E-state index contributed by atoms with van der Waals surface area (Å²) in [5, 5.41) is 31.7. The van der Waals surface area contributed by atoms with Gasteiger partial charge in [0.05, 0.1) is 13.2 Å². The maximum Gasteiger partial charge on any atom is 0.271 e. The fraction of sp³-hybridized carbons (Fsp3) is 1.00. The fourth-order valence-corrected chi connectivity index (χ4v) is 0. The fourth-order valence-electron chi connectivity index (χ4n) is 0. The number of nitrogens with two attached hydrogens (primary N) is 4. The Labute approximate surface area is 81.9 Å². The molecule has 0 amide bonds. The van der Waals surface area contributed by atoms with Gasteiger partial charge in [0.2, 0.25) is 0 Å². The van der Waals surface area contributed by atoms with Crippen molar-refractivity contribution in [1.82, 2.24) is 0 Å². The van der Waals surface area contributed by atoms with Gasteiger partial charge in [-0.15, -0.1) is 0 Å². The maximum absolute atomic E-state index is 9.19. The summed E-state index contributed by atoms with van der Waals surface area (Å²) < 4.78 is 36.8. The second-order valence-corrected chi connectivity index (χ2v) is 3.98. The van der Waals surface area contributed by atoms with Gasteiger partial charge < -0.3 is 10.2 Å². The minimum absolute atomic E-state index is 0.125. The van der Waals surface area contributed by atoms with Crippen LogP contribution in [-0.4, -0.2) is 40.3 Å². The maximum atomic E-state index is 9.19. The largest absolute Gasteiger partial charge is 0.394 e. The van der Waals surface area contributed by atoms with Crippen LogP contribution in [0, 0.1) is 0 Å². The Morgan fingerprint density at radius 2 is 0.786 bits per heavy atom. The Kier molecular flexibility index (Phi) is 12.7. The first-order valence-electron chi connectivity index (χ1n) is 2.74. The zero-order valence-electron chi connectivity index (χ0n) is 7.07. The van der Waals surface area contributed by atoms with Crippen molar-refractivity contribution in [1.29, 1.82) is 0 Å². The van der Waals surface area contributed by atoms with E-state index in [1.165, 1.54) is 0 Å². The second-order valence-electron chi connectivity index (χ2n) is 1.63. The summed E-state index contributed by atoms with van der Waals surface area (Å²) in [6.07, 6.45) is 0. The third-order valence-electron chi connectivity index (χ3n) is 0.1000. The molecule has 10 N–H and O–H groups in total. The first-order valence-corrected chi connectivity index (χ1v) is 5.96. The van der Waals surface area contributed by atoms with Gasteiger partial charge in [-0.25, -0.2) is 20.6 Å². The highest BCUT2D eigenvalue weighted by Gasteiger charge is 1.79. The summed E-state index contributed by atoms with van der Waals surface area (Å²) in [6.45, 7) is -0.250. The lowest BCUT2D eigenvalue weighted by Gasteiger charge is -1.72. The summed E-state index contributed by atoms with van der Waals surface area (Å²) in [6, 6.07) is 0. The average Bonchev–Trinajstić information content (AvgIpc) is 1.79. The number of hydrogen-bond acceptors (Lipinski definition) is 6. The van der Waals surface area contributed by atoms with Gasteiger partial charge in [-0.05, 0) is 0 Å². The van der Waals surface area contributed by atoms with Gasteiger partial charge in [0, 0.05) is 0 Å². The second kappa shape index (κ2) is 9.22. The molecule has 0 radical (unpaired) electrons. The molecule has 0 heterocycles. The molecule has 0 aliphatic heterocycles. The summed E-state index contributed by atoms with van der Waals surface area (Å²) in [4.78, 5) is 0. The number of aliphatic hydroxyl groups excluding tert-OH is 2. The van der Waals surface area contributed by atoms with Crippen molar-refractivity contribution in [2.45, 2.75) is 0 Å². The van der Waals surface area contributed by atoms with Gasteiger partial charge in [0.15, 0.2) is 0 Å². The SMILES string of the molecule is NS(N)(=O)=O.NS(N)(=O)=O.OCCO. The highest BCUT2D eigenvalue weighted by atomic mass is 32.2. The Hall–Kier alpha value is -0.340. The molecule has 0 fully saturated rings. The smallest absolute Gasteiger partial charge is 0.271 e. The quantitative estimate of drug-likeness (QED) is 0.270. The molecule has 0 unspecified atom stereocenters. The van der Waals surface area contributed by atoms with Gasteiger partial charge in [-0.2, -0.15) is 16.8 Å². The monoisotopic (exact) mass is 254 g/mol. The van der Waals surface area contributed by atoms with Crippen LogP contribution in [0.3, 0.4) is 0 Å². The van der Waals surface area contributed by atoms with Crippen molar-refractivity contribution >= 4 is 20.4 Å². The predicted octanol–water partition coefficient (Wildman–Crippen LogP) is -4.73. The Balaban J connectivity index is -0.000000131. The van der Waals surface area contributed by atoms with Crippen molar-refractivity contribution in [3.05, 3.63) is 0 Å². The molecule has 90 valence electrons. The van der Waals surface area contributed by atoms with E-state index in [9.17, 15) is 16.8 Å². The van der Waals surface area contributed by atoms with Gasteiger partial charge in [-0.1, -0.05) is 0 Å². The molecular formula is C2H14N4O6S2. The molecule has 0 aromatic carbocycles. The average molecular weight is 254 g/mol. The molecule has 14 heavy (non-hydrogen) atoms. The van der Waals surface area contributed by atoms with Crippen molar-refractivity contribution in [3.8, 4) is 0 Å². The lowest BCUT2D eigenvalue weighted by atomic mass is 10.8. The van der Waals surface area contributed by atoms with Gasteiger partial charge >= 0.3 is 0 Å². The minimum Gasteiger partial charge on any atom is -0.394 e. The zero-order chi connectivity index (χ0) is 12.4. The Morgan fingerprint density at radius 3 is 0.786 bits per heavy atom. The molecule has 0 aliphatic rings. The van der Waals surface area contributed by atoms with Crippen molar-refractivity contribution < 1.29 is 27.0 Å². The standard InChI is InChI=1S/C2H6O2.2H4N2O2S/c3-1-2-4;2*1-5(2,3)4/h3-4H,1-2H2;2*(H4,1,2,3,4). The van der Waals surface area contributed by atoms with Crippen LogP contribution in [-0.2, 0) is 20.4 Å². The van der Waals surface area contributed by atoms with Crippen LogP contribution < -0.4 is 20.6 Å². The number of hydrogen-bond donors (Lipinski definition) is 6. The van der Waals surface area contributed by atoms with Crippen LogP contribution in [0.5, 0.6) is 0 Å². The third-order valence-corrected chi connectivity index (χ3v) is 0.1000. The highest BCUT2D eigenvalue weighted by Crippen LogP contribution is 1.41. The molecule has 0 atom stereocenters. The van der Waals surface area contributed by atoms with E-state index in [1.54, 1.807) is 0 Å². The molecule has 0 saturated carbocycles. The molecule has 0 bridgehead atoms. The van der Waals surface area contributed by atoms with Crippen molar-refractivity contribution in [2.24, 2.45) is 20.6 Å². The van der Waals surface area contributed by atoms with Gasteiger partial charge in [0.25, 0.3) is 20.4 Å². The van der Waals surface area contributed by atoms with Crippen LogP contribution in [0.4, 0.5) is 0 Å².